The standard InChI is InChI=1S/C20H19N3O/c1-15(23-20(24)13-19-14-21-11-12-22-19)16-7-9-18(10-8-16)17-5-3-2-4-6-17/h2-12,14-15H,13H2,1H3,(H,23,24)/t15-/m1/s1. The van der Waals surface area contributed by atoms with E-state index >= 15 is 0 Å². The maximum absolute atomic E-state index is 12.1. The minimum atomic E-state index is -0.0601. The van der Waals surface area contributed by atoms with Crippen LogP contribution in [0.3, 0.4) is 0 Å². The van der Waals surface area contributed by atoms with Crippen LogP contribution in [0, 0.1) is 0 Å². The van der Waals surface area contributed by atoms with Crippen LogP contribution in [0.2, 0.25) is 0 Å². The van der Waals surface area contributed by atoms with E-state index in [1.54, 1.807) is 18.6 Å². The fourth-order valence-electron chi connectivity index (χ4n) is 2.56. The minimum absolute atomic E-state index is 0.0565. The molecule has 4 heteroatoms. The smallest absolute Gasteiger partial charge is 0.226 e. The van der Waals surface area contributed by atoms with E-state index < -0.39 is 0 Å². The third-order valence-corrected chi connectivity index (χ3v) is 3.85. The van der Waals surface area contributed by atoms with Crippen LogP contribution in [0.4, 0.5) is 0 Å². The average Bonchev–Trinajstić information content (AvgIpc) is 2.63. The lowest BCUT2D eigenvalue weighted by Gasteiger charge is -2.15. The van der Waals surface area contributed by atoms with E-state index in [9.17, 15) is 4.79 Å². The van der Waals surface area contributed by atoms with E-state index in [2.05, 4.69) is 51.7 Å². The Kier molecular flexibility index (Phi) is 4.96. The first kappa shape index (κ1) is 15.9. The fourth-order valence-corrected chi connectivity index (χ4v) is 2.56. The molecule has 0 radical (unpaired) electrons. The van der Waals surface area contributed by atoms with E-state index in [-0.39, 0.29) is 18.4 Å². The maximum atomic E-state index is 12.1. The second-order valence-corrected chi connectivity index (χ2v) is 5.65. The van der Waals surface area contributed by atoms with E-state index in [1.807, 2.05) is 25.1 Å². The van der Waals surface area contributed by atoms with Gasteiger partial charge in [-0.2, -0.15) is 0 Å². The molecule has 0 saturated heterocycles. The van der Waals surface area contributed by atoms with Crippen molar-refractivity contribution in [1.82, 2.24) is 15.3 Å². The van der Waals surface area contributed by atoms with Crippen LogP contribution in [0.5, 0.6) is 0 Å². The average molecular weight is 317 g/mol. The molecule has 1 aromatic heterocycles. The van der Waals surface area contributed by atoms with Gasteiger partial charge >= 0.3 is 0 Å². The van der Waals surface area contributed by atoms with Gasteiger partial charge in [0.2, 0.25) is 5.91 Å². The van der Waals surface area contributed by atoms with Crippen molar-refractivity contribution in [2.75, 3.05) is 0 Å². The molecule has 1 N–H and O–H groups in total. The molecule has 24 heavy (non-hydrogen) atoms. The number of nitrogens with zero attached hydrogens (tertiary/aromatic N) is 2. The van der Waals surface area contributed by atoms with Gasteiger partial charge in [-0.25, -0.2) is 0 Å². The number of carbonyl (C=O) groups excluding carboxylic acids is 1. The molecule has 0 fully saturated rings. The molecule has 1 atom stereocenters. The summed E-state index contributed by atoms with van der Waals surface area (Å²) in [4.78, 5) is 20.2. The molecule has 0 unspecified atom stereocenters. The lowest BCUT2D eigenvalue weighted by molar-refractivity contribution is -0.121. The van der Waals surface area contributed by atoms with E-state index in [4.69, 9.17) is 0 Å². The zero-order chi connectivity index (χ0) is 16.8. The Morgan fingerprint density at radius 2 is 1.71 bits per heavy atom. The first-order valence-corrected chi connectivity index (χ1v) is 7.92. The Bertz CT molecular complexity index is 786. The van der Waals surface area contributed by atoms with Crippen molar-refractivity contribution >= 4 is 5.91 Å². The molecule has 0 aliphatic carbocycles. The molecule has 3 aromatic rings. The van der Waals surface area contributed by atoms with Crippen molar-refractivity contribution in [2.45, 2.75) is 19.4 Å². The monoisotopic (exact) mass is 317 g/mol. The predicted octanol–water partition coefficient (Wildman–Crippen LogP) is 3.56. The SMILES string of the molecule is C[C@@H](NC(=O)Cc1cnccn1)c1ccc(-c2ccccc2)cc1. The third kappa shape index (κ3) is 4.04. The predicted molar refractivity (Wildman–Crippen MR) is 94.2 cm³/mol. The van der Waals surface area contributed by atoms with Crippen molar-refractivity contribution in [1.29, 1.82) is 0 Å². The van der Waals surface area contributed by atoms with Crippen LogP contribution in [0.1, 0.15) is 24.2 Å². The van der Waals surface area contributed by atoms with Crippen molar-refractivity contribution in [3.05, 3.63) is 84.4 Å². The molecule has 4 nitrogen and oxygen atoms in total. The van der Waals surface area contributed by atoms with Crippen molar-refractivity contribution < 1.29 is 4.79 Å². The Morgan fingerprint density at radius 3 is 2.38 bits per heavy atom. The lowest BCUT2D eigenvalue weighted by atomic mass is 10.0. The Morgan fingerprint density at radius 1 is 1.00 bits per heavy atom. The third-order valence-electron chi connectivity index (χ3n) is 3.85. The summed E-state index contributed by atoms with van der Waals surface area (Å²) >= 11 is 0. The van der Waals surface area contributed by atoms with E-state index in [0.717, 1.165) is 11.1 Å². The van der Waals surface area contributed by atoms with Crippen LogP contribution in [0.25, 0.3) is 11.1 Å². The van der Waals surface area contributed by atoms with Gasteiger partial charge in [0.15, 0.2) is 0 Å². The molecule has 120 valence electrons. The van der Waals surface area contributed by atoms with Gasteiger partial charge in [-0.05, 0) is 23.6 Å². The molecule has 1 amide bonds. The molecule has 0 bridgehead atoms. The first-order valence-electron chi connectivity index (χ1n) is 7.92. The molecular weight excluding hydrogens is 298 g/mol. The number of hydrogen-bond acceptors (Lipinski definition) is 3. The summed E-state index contributed by atoms with van der Waals surface area (Å²) in [5.74, 6) is -0.0601. The van der Waals surface area contributed by atoms with Gasteiger partial charge in [0.05, 0.1) is 18.2 Å². The first-order chi connectivity index (χ1) is 11.7. The molecule has 0 saturated carbocycles. The molecule has 0 aliphatic rings. The van der Waals surface area contributed by atoms with Gasteiger partial charge in [0.25, 0.3) is 0 Å². The highest BCUT2D eigenvalue weighted by Gasteiger charge is 2.11. The van der Waals surface area contributed by atoms with Gasteiger partial charge < -0.3 is 5.32 Å². The number of hydrogen-bond donors (Lipinski definition) is 1. The maximum Gasteiger partial charge on any atom is 0.226 e. The topological polar surface area (TPSA) is 54.9 Å². The van der Waals surface area contributed by atoms with Crippen molar-refractivity contribution in [3.8, 4) is 11.1 Å². The number of aromatic nitrogens is 2. The normalized spacial score (nSPS) is 11.7. The van der Waals surface area contributed by atoms with Crippen LogP contribution >= 0.6 is 0 Å². The molecule has 3 rings (SSSR count). The van der Waals surface area contributed by atoms with Crippen LogP contribution < -0.4 is 5.32 Å². The van der Waals surface area contributed by atoms with Crippen LogP contribution in [-0.4, -0.2) is 15.9 Å². The highest BCUT2D eigenvalue weighted by Crippen LogP contribution is 2.21. The largest absolute Gasteiger partial charge is 0.349 e. The number of rotatable bonds is 5. The fraction of sp³-hybridized carbons (Fsp3) is 0.150. The molecule has 0 spiro atoms. The Balaban J connectivity index is 1.63. The molecule has 1 heterocycles. The second kappa shape index (κ2) is 7.51. The van der Waals surface area contributed by atoms with Gasteiger partial charge in [-0.3, -0.25) is 14.8 Å². The number of carbonyl (C=O) groups is 1. The lowest BCUT2D eigenvalue weighted by Crippen LogP contribution is -2.28. The molecular formula is C20H19N3O. The summed E-state index contributed by atoms with van der Waals surface area (Å²) in [6, 6.07) is 18.4. The summed E-state index contributed by atoms with van der Waals surface area (Å²) in [7, 11) is 0. The van der Waals surface area contributed by atoms with Crippen LogP contribution in [-0.2, 0) is 11.2 Å². The number of amides is 1. The van der Waals surface area contributed by atoms with Gasteiger partial charge in [0, 0.05) is 18.6 Å². The second-order valence-electron chi connectivity index (χ2n) is 5.65. The van der Waals surface area contributed by atoms with Gasteiger partial charge in [0.1, 0.15) is 0 Å². The van der Waals surface area contributed by atoms with Crippen molar-refractivity contribution in [2.24, 2.45) is 0 Å². The summed E-state index contributed by atoms with van der Waals surface area (Å²) in [6.45, 7) is 1.98. The summed E-state index contributed by atoms with van der Waals surface area (Å²) < 4.78 is 0. The Labute approximate surface area is 141 Å². The van der Waals surface area contributed by atoms with Crippen LogP contribution in [0.15, 0.2) is 73.2 Å². The van der Waals surface area contributed by atoms with Crippen molar-refractivity contribution in [3.63, 3.8) is 0 Å². The van der Waals surface area contributed by atoms with E-state index in [1.165, 1.54) is 5.56 Å². The zero-order valence-corrected chi connectivity index (χ0v) is 13.5. The number of benzene rings is 2. The molecule has 0 aliphatic heterocycles. The minimum Gasteiger partial charge on any atom is -0.349 e. The summed E-state index contributed by atoms with van der Waals surface area (Å²) in [6.07, 6.45) is 5.03. The highest BCUT2D eigenvalue weighted by molar-refractivity contribution is 5.78. The molecule has 2 aromatic carbocycles. The summed E-state index contributed by atoms with van der Waals surface area (Å²) in [5, 5.41) is 3.00. The quantitative estimate of drug-likeness (QED) is 0.783. The van der Waals surface area contributed by atoms with E-state index in [0.29, 0.717) is 5.69 Å². The summed E-state index contributed by atoms with van der Waals surface area (Å²) in [5.41, 5.74) is 4.09. The van der Waals surface area contributed by atoms with Gasteiger partial charge in [-0.1, -0.05) is 54.6 Å². The highest BCUT2D eigenvalue weighted by atomic mass is 16.1. The Hall–Kier alpha value is -3.01. The zero-order valence-electron chi connectivity index (χ0n) is 13.5. The number of nitrogens with one attached hydrogen (secondary N) is 1. The van der Waals surface area contributed by atoms with Gasteiger partial charge in [-0.15, -0.1) is 0 Å².